The van der Waals surface area contributed by atoms with E-state index in [9.17, 15) is 9.59 Å². The van der Waals surface area contributed by atoms with E-state index in [0.29, 0.717) is 5.56 Å². The fraction of sp³-hybridized carbons (Fsp3) is 0.571. The van der Waals surface area contributed by atoms with Crippen LogP contribution < -0.4 is 16.6 Å². The first-order chi connectivity index (χ1) is 8.97. The van der Waals surface area contributed by atoms with Gasteiger partial charge in [0.2, 0.25) is 0 Å². The Morgan fingerprint density at radius 1 is 1.32 bits per heavy atom. The molecular weight excluding hydrogens is 242 g/mol. The van der Waals surface area contributed by atoms with Crippen LogP contribution in [0.2, 0.25) is 0 Å². The summed E-state index contributed by atoms with van der Waals surface area (Å²) in [6, 6.07) is 2.19. The Hall–Kier alpha value is -1.62. The normalized spacial score (nSPS) is 23.1. The summed E-state index contributed by atoms with van der Waals surface area (Å²) < 4.78 is 0. The number of aromatic nitrogens is 1. The predicted molar refractivity (Wildman–Crippen MR) is 74.2 cm³/mol. The molecule has 1 aromatic rings. The highest BCUT2D eigenvalue weighted by Crippen LogP contribution is 2.17. The van der Waals surface area contributed by atoms with Gasteiger partial charge >= 0.3 is 0 Å². The van der Waals surface area contributed by atoms with E-state index in [0.717, 1.165) is 31.4 Å². The minimum Gasteiger partial charge on any atom is -0.349 e. The second kappa shape index (κ2) is 5.57. The molecule has 1 aliphatic rings. The highest BCUT2D eigenvalue weighted by molar-refractivity contribution is 5.95. The Labute approximate surface area is 112 Å². The Balaban J connectivity index is 2.10. The minimum absolute atomic E-state index is 0.132. The molecule has 0 aliphatic heterocycles. The Morgan fingerprint density at radius 3 is 2.53 bits per heavy atom. The summed E-state index contributed by atoms with van der Waals surface area (Å²) in [6.07, 6.45) is 3.62. The number of carbonyl (C=O) groups is 1. The molecule has 1 aliphatic carbocycles. The van der Waals surface area contributed by atoms with Crippen LogP contribution in [0.25, 0.3) is 0 Å². The van der Waals surface area contributed by atoms with Gasteiger partial charge in [-0.1, -0.05) is 0 Å². The summed E-state index contributed by atoms with van der Waals surface area (Å²) in [6.45, 7) is 3.59. The zero-order valence-electron chi connectivity index (χ0n) is 11.5. The van der Waals surface area contributed by atoms with Crippen LogP contribution in [0.3, 0.4) is 0 Å². The van der Waals surface area contributed by atoms with Gasteiger partial charge in [0.25, 0.3) is 11.5 Å². The molecule has 2 rings (SSSR count). The van der Waals surface area contributed by atoms with Gasteiger partial charge in [0.1, 0.15) is 5.56 Å². The number of pyridine rings is 1. The van der Waals surface area contributed by atoms with Crippen molar-refractivity contribution in [2.75, 3.05) is 0 Å². The Kier molecular flexibility index (Phi) is 4.04. The van der Waals surface area contributed by atoms with Gasteiger partial charge in [-0.3, -0.25) is 9.59 Å². The molecule has 5 nitrogen and oxygen atoms in total. The summed E-state index contributed by atoms with van der Waals surface area (Å²) in [4.78, 5) is 26.7. The van der Waals surface area contributed by atoms with Gasteiger partial charge in [-0.25, -0.2) is 0 Å². The third-order valence-corrected chi connectivity index (χ3v) is 3.70. The summed E-state index contributed by atoms with van der Waals surface area (Å²) in [5.41, 5.74) is 7.22. The molecule has 1 fully saturated rings. The van der Waals surface area contributed by atoms with Crippen LogP contribution in [-0.4, -0.2) is 23.0 Å². The van der Waals surface area contributed by atoms with Crippen molar-refractivity contribution < 1.29 is 4.79 Å². The average Bonchev–Trinajstić information content (AvgIpc) is 2.30. The lowest BCUT2D eigenvalue weighted by molar-refractivity contribution is 0.0923. The monoisotopic (exact) mass is 263 g/mol. The third-order valence-electron chi connectivity index (χ3n) is 3.70. The Morgan fingerprint density at radius 2 is 1.95 bits per heavy atom. The van der Waals surface area contributed by atoms with E-state index in [2.05, 4.69) is 10.3 Å². The number of aryl methyl sites for hydroxylation is 2. The van der Waals surface area contributed by atoms with E-state index in [4.69, 9.17) is 5.73 Å². The highest BCUT2D eigenvalue weighted by atomic mass is 16.2. The lowest BCUT2D eigenvalue weighted by atomic mass is 9.91. The molecule has 0 bridgehead atoms. The second-order valence-corrected chi connectivity index (χ2v) is 5.42. The minimum atomic E-state index is -0.317. The van der Waals surface area contributed by atoms with E-state index in [1.54, 1.807) is 13.8 Å². The molecule has 1 aromatic heterocycles. The predicted octanol–water partition coefficient (Wildman–Crippen LogP) is 0.991. The van der Waals surface area contributed by atoms with Crippen molar-refractivity contribution in [2.45, 2.75) is 51.6 Å². The van der Waals surface area contributed by atoms with Crippen molar-refractivity contribution in [1.82, 2.24) is 10.3 Å². The van der Waals surface area contributed by atoms with E-state index < -0.39 is 0 Å². The van der Waals surface area contributed by atoms with Crippen LogP contribution in [0.4, 0.5) is 0 Å². The summed E-state index contributed by atoms with van der Waals surface area (Å²) in [5.74, 6) is -0.278. The van der Waals surface area contributed by atoms with Gasteiger partial charge in [-0.15, -0.1) is 0 Å². The molecule has 5 heteroatoms. The van der Waals surface area contributed by atoms with E-state index in [-0.39, 0.29) is 29.1 Å². The van der Waals surface area contributed by atoms with Gasteiger partial charge in [0.15, 0.2) is 0 Å². The van der Waals surface area contributed by atoms with Gasteiger partial charge in [-0.2, -0.15) is 0 Å². The van der Waals surface area contributed by atoms with Gasteiger partial charge in [-0.05, 0) is 51.2 Å². The zero-order chi connectivity index (χ0) is 14.0. The maximum atomic E-state index is 12.2. The van der Waals surface area contributed by atoms with E-state index in [1.807, 2.05) is 6.07 Å². The second-order valence-electron chi connectivity index (χ2n) is 5.42. The number of carbonyl (C=O) groups excluding carboxylic acids is 1. The van der Waals surface area contributed by atoms with Crippen LogP contribution >= 0.6 is 0 Å². The molecule has 0 radical (unpaired) electrons. The number of amides is 1. The molecule has 0 saturated heterocycles. The molecule has 0 unspecified atom stereocenters. The van der Waals surface area contributed by atoms with Gasteiger partial charge in [0.05, 0.1) is 0 Å². The number of nitrogens with one attached hydrogen (secondary N) is 2. The van der Waals surface area contributed by atoms with Crippen LogP contribution in [0.15, 0.2) is 10.9 Å². The standard InChI is InChI=1S/C14H21N3O2/c1-8-7-9(2)16-13(18)12(8)14(19)17-11-5-3-10(15)4-6-11/h7,10-11H,3-6,15H2,1-2H3,(H,16,18)(H,17,19). The van der Waals surface area contributed by atoms with Crippen LogP contribution in [0, 0.1) is 13.8 Å². The lowest BCUT2D eigenvalue weighted by Gasteiger charge is -2.26. The molecule has 19 heavy (non-hydrogen) atoms. The van der Waals surface area contributed by atoms with Crippen molar-refractivity contribution >= 4 is 5.91 Å². The summed E-state index contributed by atoms with van der Waals surface area (Å²) in [5, 5.41) is 2.94. The first kappa shape index (κ1) is 13.8. The van der Waals surface area contributed by atoms with Gasteiger partial charge < -0.3 is 16.0 Å². The quantitative estimate of drug-likeness (QED) is 0.743. The largest absolute Gasteiger partial charge is 0.349 e. The molecule has 104 valence electrons. The zero-order valence-corrected chi connectivity index (χ0v) is 11.5. The smallest absolute Gasteiger partial charge is 0.261 e. The third kappa shape index (κ3) is 3.23. The fourth-order valence-electron chi connectivity index (χ4n) is 2.66. The molecule has 0 aromatic carbocycles. The number of nitrogens with two attached hydrogens (primary N) is 1. The molecule has 0 atom stereocenters. The molecule has 0 spiro atoms. The van der Waals surface area contributed by atoms with Crippen molar-refractivity contribution in [3.63, 3.8) is 0 Å². The van der Waals surface area contributed by atoms with Crippen LogP contribution in [0.1, 0.15) is 47.3 Å². The molecule has 1 heterocycles. The number of hydrogen-bond acceptors (Lipinski definition) is 3. The number of aromatic amines is 1. The maximum Gasteiger partial charge on any atom is 0.261 e. The van der Waals surface area contributed by atoms with Crippen molar-refractivity contribution in [3.8, 4) is 0 Å². The first-order valence-corrected chi connectivity index (χ1v) is 6.74. The summed E-state index contributed by atoms with van der Waals surface area (Å²) in [7, 11) is 0. The first-order valence-electron chi connectivity index (χ1n) is 6.74. The topological polar surface area (TPSA) is 88.0 Å². The van der Waals surface area contributed by atoms with Crippen LogP contribution in [0.5, 0.6) is 0 Å². The lowest BCUT2D eigenvalue weighted by Crippen LogP contribution is -2.42. The maximum absolute atomic E-state index is 12.2. The molecule has 4 N–H and O–H groups in total. The Bertz CT molecular complexity index is 528. The van der Waals surface area contributed by atoms with E-state index in [1.165, 1.54) is 0 Å². The van der Waals surface area contributed by atoms with Crippen molar-refractivity contribution in [2.24, 2.45) is 5.73 Å². The SMILES string of the molecule is Cc1cc(C)c(C(=O)NC2CCC(N)CC2)c(=O)[nH]1. The van der Waals surface area contributed by atoms with Crippen LogP contribution in [-0.2, 0) is 0 Å². The van der Waals surface area contributed by atoms with Crippen molar-refractivity contribution in [1.29, 1.82) is 0 Å². The summed E-state index contributed by atoms with van der Waals surface area (Å²) >= 11 is 0. The molecule has 1 saturated carbocycles. The van der Waals surface area contributed by atoms with Crippen molar-refractivity contribution in [3.05, 3.63) is 33.2 Å². The fourth-order valence-corrected chi connectivity index (χ4v) is 2.66. The highest BCUT2D eigenvalue weighted by Gasteiger charge is 2.22. The molecular formula is C14H21N3O2. The van der Waals surface area contributed by atoms with Gasteiger partial charge in [0, 0.05) is 17.8 Å². The number of hydrogen-bond donors (Lipinski definition) is 3. The van der Waals surface area contributed by atoms with E-state index >= 15 is 0 Å². The average molecular weight is 263 g/mol. The number of H-pyrrole nitrogens is 1. The molecule has 1 amide bonds. The number of rotatable bonds is 2.